The Morgan fingerprint density at radius 1 is 0.897 bits per heavy atom. The summed E-state index contributed by atoms with van der Waals surface area (Å²) in [6.45, 7) is 11.2. The van der Waals surface area contributed by atoms with Crippen LogP contribution in [0.5, 0.6) is 0 Å². The van der Waals surface area contributed by atoms with Gasteiger partial charge in [0.2, 0.25) is 0 Å². The Morgan fingerprint density at radius 3 is 2.28 bits per heavy atom. The molecule has 0 amide bonds. The minimum Gasteiger partial charge on any atom is -0.103 e. The van der Waals surface area contributed by atoms with Gasteiger partial charge in [-0.25, -0.2) is 0 Å². The highest BCUT2D eigenvalue weighted by Gasteiger charge is 2.39. The molecular weight excluding hydrogens is 348 g/mol. The van der Waals surface area contributed by atoms with Gasteiger partial charge in [0.05, 0.1) is 0 Å². The fraction of sp³-hybridized carbons (Fsp3) is 0.793. The molecule has 0 saturated heterocycles. The lowest BCUT2D eigenvalue weighted by molar-refractivity contribution is 0.159. The van der Waals surface area contributed by atoms with Crippen molar-refractivity contribution in [2.75, 3.05) is 0 Å². The van der Waals surface area contributed by atoms with E-state index in [4.69, 9.17) is 6.58 Å². The molecule has 2 unspecified atom stereocenters. The maximum Gasteiger partial charge on any atom is -0.00880 e. The summed E-state index contributed by atoms with van der Waals surface area (Å²) in [7, 11) is 0. The average molecular weight is 397 g/mol. The topological polar surface area (TPSA) is 0 Å². The Bertz CT molecular complexity index is 519. The van der Waals surface area contributed by atoms with E-state index in [2.05, 4.69) is 31.7 Å². The van der Waals surface area contributed by atoms with Crippen LogP contribution in [0.2, 0.25) is 0 Å². The molecule has 0 aliphatic heterocycles. The molecular formula is C29H48. The maximum absolute atomic E-state index is 4.83. The van der Waals surface area contributed by atoms with E-state index in [0.717, 1.165) is 23.7 Å². The lowest BCUT2D eigenvalue weighted by Crippen LogP contribution is -2.33. The van der Waals surface area contributed by atoms with Gasteiger partial charge in [-0.3, -0.25) is 0 Å². The standard InChI is InChI=1S/C29H48/c1-4-21-29(22-11-6-12-23-29)24(3)28-16-10-9-15-27(28)14-8-7-13-26-19-17-25(5-2)18-20-26/h5,7,13,25-28H,2-4,6,8-12,14-23H2,1H3/b13-7+. The number of hydrogen-bond donors (Lipinski definition) is 0. The molecule has 3 rings (SSSR count). The lowest BCUT2D eigenvalue weighted by atomic mass is 9.59. The molecule has 29 heavy (non-hydrogen) atoms. The largest absolute Gasteiger partial charge is 0.103 e. The van der Waals surface area contributed by atoms with E-state index in [0.29, 0.717) is 5.41 Å². The predicted octanol–water partition coefficient (Wildman–Crippen LogP) is 9.43. The van der Waals surface area contributed by atoms with Crippen LogP contribution >= 0.6 is 0 Å². The molecule has 164 valence electrons. The van der Waals surface area contributed by atoms with Crippen molar-refractivity contribution in [2.24, 2.45) is 29.1 Å². The molecule has 0 heteroatoms. The van der Waals surface area contributed by atoms with Crippen LogP contribution in [0.25, 0.3) is 0 Å². The van der Waals surface area contributed by atoms with Crippen molar-refractivity contribution in [3.63, 3.8) is 0 Å². The van der Waals surface area contributed by atoms with E-state index in [1.54, 1.807) is 5.57 Å². The summed E-state index contributed by atoms with van der Waals surface area (Å²) in [4.78, 5) is 0. The Morgan fingerprint density at radius 2 is 1.59 bits per heavy atom. The minimum absolute atomic E-state index is 0.493. The highest BCUT2D eigenvalue weighted by molar-refractivity contribution is 5.17. The van der Waals surface area contributed by atoms with Gasteiger partial charge in [-0.05, 0) is 99.7 Å². The van der Waals surface area contributed by atoms with Gasteiger partial charge >= 0.3 is 0 Å². The average Bonchev–Trinajstić information content (AvgIpc) is 2.78. The maximum atomic E-state index is 4.83. The van der Waals surface area contributed by atoms with Gasteiger partial charge < -0.3 is 0 Å². The van der Waals surface area contributed by atoms with Crippen LogP contribution in [0.15, 0.2) is 37.0 Å². The fourth-order valence-corrected chi connectivity index (χ4v) is 7.02. The molecule has 3 saturated carbocycles. The molecule has 3 fully saturated rings. The first-order valence-corrected chi connectivity index (χ1v) is 13.2. The van der Waals surface area contributed by atoms with Crippen molar-refractivity contribution in [2.45, 2.75) is 116 Å². The normalized spacial score (nSPS) is 32.9. The van der Waals surface area contributed by atoms with Crippen LogP contribution in [-0.2, 0) is 0 Å². The zero-order valence-electron chi connectivity index (χ0n) is 19.5. The van der Waals surface area contributed by atoms with E-state index in [1.165, 1.54) is 109 Å². The van der Waals surface area contributed by atoms with Crippen molar-refractivity contribution in [3.05, 3.63) is 37.0 Å². The molecule has 3 aliphatic carbocycles. The van der Waals surface area contributed by atoms with Crippen molar-refractivity contribution < 1.29 is 0 Å². The van der Waals surface area contributed by atoms with Crippen molar-refractivity contribution in [1.29, 1.82) is 0 Å². The quantitative estimate of drug-likeness (QED) is 0.340. The van der Waals surface area contributed by atoms with Crippen molar-refractivity contribution in [3.8, 4) is 0 Å². The van der Waals surface area contributed by atoms with E-state index in [1.807, 2.05) is 0 Å². The first-order valence-electron chi connectivity index (χ1n) is 13.2. The Kier molecular flexibility index (Phi) is 9.13. The molecule has 0 heterocycles. The summed E-state index contributed by atoms with van der Waals surface area (Å²) in [5, 5.41) is 0. The van der Waals surface area contributed by atoms with Gasteiger partial charge in [-0.15, -0.1) is 6.58 Å². The number of allylic oxidation sites excluding steroid dienone is 4. The zero-order chi connectivity index (χ0) is 20.5. The third-order valence-electron chi connectivity index (χ3n) is 8.84. The first-order chi connectivity index (χ1) is 14.2. The van der Waals surface area contributed by atoms with Gasteiger partial charge in [0.15, 0.2) is 0 Å². The molecule has 0 aromatic rings. The summed E-state index contributed by atoms with van der Waals surface area (Å²) in [5.74, 6) is 3.32. The molecule has 0 nitrogen and oxygen atoms in total. The van der Waals surface area contributed by atoms with Crippen LogP contribution in [0.4, 0.5) is 0 Å². The molecule has 0 N–H and O–H groups in total. The zero-order valence-corrected chi connectivity index (χ0v) is 19.5. The van der Waals surface area contributed by atoms with Crippen LogP contribution in [0.1, 0.15) is 116 Å². The summed E-state index contributed by atoms with van der Waals surface area (Å²) in [5.41, 5.74) is 2.18. The summed E-state index contributed by atoms with van der Waals surface area (Å²) in [6, 6.07) is 0. The lowest BCUT2D eigenvalue weighted by Gasteiger charge is -2.45. The minimum atomic E-state index is 0.493. The monoisotopic (exact) mass is 396 g/mol. The molecule has 0 radical (unpaired) electrons. The van der Waals surface area contributed by atoms with Crippen LogP contribution in [0, 0.1) is 29.1 Å². The van der Waals surface area contributed by atoms with Crippen molar-refractivity contribution >= 4 is 0 Å². The third-order valence-corrected chi connectivity index (χ3v) is 8.84. The Balaban J connectivity index is 1.53. The second kappa shape index (κ2) is 11.6. The first kappa shape index (κ1) is 22.9. The molecule has 0 spiro atoms. The van der Waals surface area contributed by atoms with Crippen LogP contribution < -0.4 is 0 Å². The molecule has 0 aromatic heterocycles. The second-order valence-electron chi connectivity index (χ2n) is 10.7. The van der Waals surface area contributed by atoms with E-state index < -0.39 is 0 Å². The van der Waals surface area contributed by atoms with Gasteiger partial charge in [0.25, 0.3) is 0 Å². The highest BCUT2D eigenvalue weighted by atomic mass is 14.4. The number of rotatable bonds is 9. The fourth-order valence-electron chi connectivity index (χ4n) is 7.02. The molecule has 2 atom stereocenters. The van der Waals surface area contributed by atoms with Gasteiger partial charge in [0.1, 0.15) is 0 Å². The van der Waals surface area contributed by atoms with E-state index in [9.17, 15) is 0 Å². The summed E-state index contributed by atoms with van der Waals surface area (Å²) < 4.78 is 0. The number of hydrogen-bond acceptors (Lipinski definition) is 0. The van der Waals surface area contributed by atoms with E-state index in [-0.39, 0.29) is 0 Å². The summed E-state index contributed by atoms with van der Waals surface area (Å²) in [6.07, 6.45) is 31.0. The van der Waals surface area contributed by atoms with Crippen LogP contribution in [0.3, 0.4) is 0 Å². The highest BCUT2D eigenvalue weighted by Crippen LogP contribution is 2.52. The SMILES string of the molecule is C=CC1CCC(/C=C/CCC2CCCCC2C(=C)C2(CCC)CCCCC2)CC1. The van der Waals surface area contributed by atoms with E-state index >= 15 is 0 Å². The van der Waals surface area contributed by atoms with Gasteiger partial charge in [-0.2, -0.15) is 0 Å². The Hall–Kier alpha value is -0.780. The van der Waals surface area contributed by atoms with Gasteiger partial charge in [-0.1, -0.05) is 75.8 Å². The molecule has 0 bridgehead atoms. The van der Waals surface area contributed by atoms with Crippen molar-refractivity contribution in [1.82, 2.24) is 0 Å². The van der Waals surface area contributed by atoms with Gasteiger partial charge in [0, 0.05) is 0 Å². The Labute approximate surface area is 182 Å². The van der Waals surface area contributed by atoms with Crippen LogP contribution in [-0.4, -0.2) is 0 Å². The summed E-state index contributed by atoms with van der Waals surface area (Å²) >= 11 is 0. The molecule has 3 aliphatic rings. The third kappa shape index (κ3) is 6.11. The molecule has 0 aromatic carbocycles. The smallest absolute Gasteiger partial charge is 0.00880 e. The second-order valence-corrected chi connectivity index (χ2v) is 10.7. The predicted molar refractivity (Wildman–Crippen MR) is 129 cm³/mol.